The molecule has 0 aliphatic carbocycles. The number of carbonyl (C=O) groups excluding carboxylic acids is 1. The highest BCUT2D eigenvalue weighted by atomic mass is 16.5. The van der Waals surface area contributed by atoms with Crippen molar-refractivity contribution in [2.24, 2.45) is 0 Å². The summed E-state index contributed by atoms with van der Waals surface area (Å²) in [6.45, 7) is 3.73. The summed E-state index contributed by atoms with van der Waals surface area (Å²) in [5.74, 6) is 1.83. The molecule has 154 valence electrons. The normalized spacial score (nSPS) is 15.2. The molecule has 1 aliphatic heterocycles. The van der Waals surface area contributed by atoms with Gasteiger partial charge in [0, 0.05) is 0 Å². The molecule has 2 N–H and O–H groups in total. The number of ketones is 1. The molecule has 0 fully saturated rings. The molecule has 1 atom stereocenters. The number of allylic oxidation sites excluding steroid dienone is 1. The van der Waals surface area contributed by atoms with E-state index in [1.165, 1.54) is 4.90 Å². The molecule has 0 radical (unpaired) electrons. The number of quaternary nitrogens is 1. The molecule has 1 heterocycles. The maximum Gasteiger partial charge on any atom is 0.231 e. The van der Waals surface area contributed by atoms with Gasteiger partial charge in [-0.2, -0.15) is 0 Å². The molecule has 0 saturated heterocycles. The molecule has 0 amide bonds. The monoisotopic (exact) mass is 398 g/mol. The molecule has 6 nitrogen and oxygen atoms in total. The summed E-state index contributed by atoms with van der Waals surface area (Å²) in [7, 11) is 5.21. The SMILES string of the molecule is CCCC[NH+](C)Cc1c(O)ccc2c1O/C(=C\c1ccc(OC)c(OC)c1)C2=O. The Balaban J connectivity index is 1.90. The van der Waals surface area contributed by atoms with Crippen molar-refractivity contribution < 1.29 is 29.0 Å². The molecule has 0 aromatic heterocycles. The summed E-state index contributed by atoms with van der Waals surface area (Å²) in [4.78, 5) is 14.1. The predicted octanol–water partition coefficient (Wildman–Crippen LogP) is 2.84. The molecule has 2 aromatic rings. The first kappa shape index (κ1) is 20.7. The molecule has 0 bridgehead atoms. The number of carbonyl (C=O) groups is 1. The summed E-state index contributed by atoms with van der Waals surface area (Å²) in [5.41, 5.74) is 1.91. The van der Waals surface area contributed by atoms with E-state index in [9.17, 15) is 9.90 Å². The van der Waals surface area contributed by atoms with Gasteiger partial charge in [-0.05, 0) is 42.3 Å². The second-order valence-electron chi connectivity index (χ2n) is 7.23. The van der Waals surface area contributed by atoms with Crippen LogP contribution in [0.2, 0.25) is 0 Å². The zero-order valence-corrected chi connectivity index (χ0v) is 17.4. The second-order valence-corrected chi connectivity index (χ2v) is 7.23. The minimum Gasteiger partial charge on any atom is -0.507 e. The smallest absolute Gasteiger partial charge is 0.231 e. The minimum absolute atomic E-state index is 0.153. The fraction of sp³-hybridized carbons (Fsp3) is 0.348. The molecule has 2 aromatic carbocycles. The van der Waals surface area contributed by atoms with Crippen LogP contribution in [0.1, 0.15) is 41.3 Å². The summed E-state index contributed by atoms with van der Waals surface area (Å²) < 4.78 is 16.5. The Morgan fingerprint density at radius 2 is 1.90 bits per heavy atom. The predicted molar refractivity (Wildman–Crippen MR) is 111 cm³/mol. The number of rotatable bonds is 8. The maximum absolute atomic E-state index is 12.9. The summed E-state index contributed by atoms with van der Waals surface area (Å²) in [6.07, 6.45) is 3.90. The van der Waals surface area contributed by atoms with Crippen LogP contribution >= 0.6 is 0 Å². The number of nitrogens with one attached hydrogen (secondary N) is 1. The van der Waals surface area contributed by atoms with E-state index in [4.69, 9.17) is 14.2 Å². The highest BCUT2D eigenvalue weighted by Crippen LogP contribution is 2.39. The van der Waals surface area contributed by atoms with Crippen LogP contribution in [0.4, 0.5) is 0 Å². The van der Waals surface area contributed by atoms with Crippen molar-refractivity contribution in [3.63, 3.8) is 0 Å². The molecular formula is C23H28NO5+. The van der Waals surface area contributed by atoms with Gasteiger partial charge in [-0.15, -0.1) is 0 Å². The van der Waals surface area contributed by atoms with E-state index in [1.54, 1.807) is 44.6 Å². The Kier molecular flexibility index (Phi) is 6.44. The van der Waals surface area contributed by atoms with Crippen molar-refractivity contribution in [1.82, 2.24) is 0 Å². The van der Waals surface area contributed by atoms with Gasteiger partial charge in [0.2, 0.25) is 5.78 Å². The van der Waals surface area contributed by atoms with Gasteiger partial charge in [-0.1, -0.05) is 19.4 Å². The highest BCUT2D eigenvalue weighted by Gasteiger charge is 2.32. The van der Waals surface area contributed by atoms with Crippen molar-refractivity contribution in [3.8, 4) is 23.0 Å². The average molecular weight is 398 g/mol. The molecule has 0 spiro atoms. The van der Waals surface area contributed by atoms with E-state index in [2.05, 4.69) is 14.0 Å². The third-order valence-electron chi connectivity index (χ3n) is 5.06. The Labute approximate surface area is 171 Å². The minimum atomic E-state index is -0.192. The van der Waals surface area contributed by atoms with Crippen LogP contribution in [0.3, 0.4) is 0 Å². The lowest BCUT2D eigenvalue weighted by molar-refractivity contribution is -0.894. The van der Waals surface area contributed by atoms with Crippen molar-refractivity contribution >= 4 is 11.9 Å². The van der Waals surface area contributed by atoms with Crippen LogP contribution in [0, 0.1) is 0 Å². The Morgan fingerprint density at radius 1 is 1.14 bits per heavy atom. The first-order chi connectivity index (χ1) is 14.0. The number of benzene rings is 2. The Bertz CT molecular complexity index is 935. The van der Waals surface area contributed by atoms with Crippen molar-refractivity contribution in [3.05, 3.63) is 52.8 Å². The average Bonchev–Trinajstić information content (AvgIpc) is 3.04. The van der Waals surface area contributed by atoms with Gasteiger partial charge < -0.3 is 24.2 Å². The molecule has 1 aliphatic rings. The van der Waals surface area contributed by atoms with Crippen molar-refractivity contribution in [1.29, 1.82) is 0 Å². The number of Topliss-reactive ketones (excluding diaryl/α,β-unsaturated/α-hetero) is 1. The molecule has 0 saturated carbocycles. The van der Waals surface area contributed by atoms with E-state index >= 15 is 0 Å². The summed E-state index contributed by atoms with van der Waals surface area (Å²) in [6, 6.07) is 8.58. The largest absolute Gasteiger partial charge is 0.507 e. The van der Waals surface area contributed by atoms with Crippen LogP contribution in [0.15, 0.2) is 36.1 Å². The number of phenols is 1. The number of phenolic OH excluding ortho intramolecular Hbond substituents is 1. The zero-order chi connectivity index (χ0) is 21.0. The van der Waals surface area contributed by atoms with Crippen LogP contribution in [0.5, 0.6) is 23.0 Å². The van der Waals surface area contributed by atoms with E-state index in [1.807, 2.05) is 6.07 Å². The Hall–Kier alpha value is -2.99. The van der Waals surface area contributed by atoms with Crippen LogP contribution in [0.25, 0.3) is 6.08 Å². The number of ether oxygens (including phenoxy) is 3. The van der Waals surface area contributed by atoms with Crippen LogP contribution in [-0.4, -0.2) is 38.7 Å². The highest BCUT2D eigenvalue weighted by molar-refractivity contribution is 6.15. The lowest BCUT2D eigenvalue weighted by atomic mass is 10.0. The van der Waals surface area contributed by atoms with Gasteiger partial charge in [0.1, 0.15) is 12.3 Å². The van der Waals surface area contributed by atoms with Gasteiger partial charge in [0.25, 0.3) is 0 Å². The van der Waals surface area contributed by atoms with E-state index in [-0.39, 0.29) is 17.3 Å². The number of aromatic hydroxyl groups is 1. The molecule has 29 heavy (non-hydrogen) atoms. The zero-order valence-electron chi connectivity index (χ0n) is 17.4. The maximum atomic E-state index is 12.9. The van der Waals surface area contributed by atoms with Crippen LogP contribution < -0.4 is 19.1 Å². The van der Waals surface area contributed by atoms with Gasteiger partial charge in [-0.25, -0.2) is 0 Å². The van der Waals surface area contributed by atoms with Crippen molar-refractivity contribution in [2.75, 3.05) is 27.8 Å². The van der Waals surface area contributed by atoms with E-state index < -0.39 is 0 Å². The lowest BCUT2D eigenvalue weighted by Crippen LogP contribution is -3.07. The fourth-order valence-corrected chi connectivity index (χ4v) is 3.43. The number of fused-ring (bicyclic) bond motifs is 1. The van der Waals surface area contributed by atoms with Crippen molar-refractivity contribution in [2.45, 2.75) is 26.3 Å². The molecule has 1 unspecified atom stereocenters. The summed E-state index contributed by atoms with van der Waals surface area (Å²) in [5, 5.41) is 10.4. The van der Waals surface area contributed by atoms with Gasteiger partial charge >= 0.3 is 0 Å². The van der Waals surface area contributed by atoms with Gasteiger partial charge in [-0.3, -0.25) is 4.79 Å². The van der Waals surface area contributed by atoms with Gasteiger partial charge in [0.05, 0.1) is 38.9 Å². The number of unbranched alkanes of at least 4 members (excludes halogenated alkanes) is 1. The number of hydrogen-bond donors (Lipinski definition) is 2. The fourth-order valence-electron chi connectivity index (χ4n) is 3.43. The molecule has 3 rings (SSSR count). The third-order valence-corrected chi connectivity index (χ3v) is 5.06. The number of methoxy groups -OCH3 is 2. The summed E-state index contributed by atoms with van der Waals surface area (Å²) >= 11 is 0. The van der Waals surface area contributed by atoms with Gasteiger partial charge in [0.15, 0.2) is 23.0 Å². The third kappa shape index (κ3) is 4.38. The van der Waals surface area contributed by atoms with E-state index in [0.29, 0.717) is 34.9 Å². The molecular weight excluding hydrogens is 370 g/mol. The first-order valence-corrected chi connectivity index (χ1v) is 9.80. The molecule has 6 heteroatoms. The van der Waals surface area contributed by atoms with Crippen LogP contribution in [-0.2, 0) is 6.54 Å². The quantitative estimate of drug-likeness (QED) is 0.670. The van der Waals surface area contributed by atoms with E-state index in [0.717, 1.165) is 24.9 Å². The lowest BCUT2D eigenvalue weighted by Gasteiger charge is -2.16. The first-order valence-electron chi connectivity index (χ1n) is 9.80. The topological polar surface area (TPSA) is 69.4 Å². The standard InChI is InChI=1S/C23H27NO5/c1-5-6-11-24(2)14-17-18(25)9-8-16-22(26)21(29-23(16)17)13-15-7-10-19(27-3)20(12-15)28-4/h7-10,12-13,25H,5-6,11,14H2,1-4H3/p+1/b21-13-. The number of hydrogen-bond acceptors (Lipinski definition) is 5. The Morgan fingerprint density at radius 3 is 2.59 bits per heavy atom. The second kappa shape index (κ2) is 9.01.